The van der Waals surface area contributed by atoms with E-state index in [0.717, 1.165) is 13.0 Å². The Bertz CT molecular complexity index is 900. The largest absolute Gasteiger partial charge is 0.418 e. The lowest BCUT2D eigenvalue weighted by Gasteiger charge is -2.21. The molecule has 0 bridgehead atoms. The Balaban J connectivity index is 2.28. The van der Waals surface area contributed by atoms with Gasteiger partial charge in [0.25, 0.3) is 0 Å². The highest BCUT2D eigenvalue weighted by molar-refractivity contribution is 6.28. The van der Waals surface area contributed by atoms with E-state index in [1.807, 2.05) is 0 Å². The lowest BCUT2D eigenvalue weighted by molar-refractivity contribution is -0.137. The Labute approximate surface area is 134 Å². The molecule has 0 heterocycles. The molecule has 0 unspecified atom stereocenters. The van der Waals surface area contributed by atoms with Crippen molar-refractivity contribution in [3.63, 3.8) is 0 Å². The van der Waals surface area contributed by atoms with Gasteiger partial charge in [0.05, 0.1) is 11.3 Å². The van der Waals surface area contributed by atoms with Gasteiger partial charge in [-0.2, -0.15) is 13.2 Å². The second-order valence-electron chi connectivity index (χ2n) is 5.33. The summed E-state index contributed by atoms with van der Waals surface area (Å²) < 4.78 is 39.7. The predicted octanol–water partition coefficient (Wildman–Crippen LogP) is 3.44. The van der Waals surface area contributed by atoms with Crippen LogP contribution in [0, 0.1) is 0 Å². The predicted molar refractivity (Wildman–Crippen MR) is 79.1 cm³/mol. The molecule has 1 amide bonds. The van der Waals surface area contributed by atoms with Gasteiger partial charge >= 0.3 is 6.18 Å². The molecular weight excluding hydrogens is 323 g/mol. The molecule has 1 N–H and O–H groups in total. The molecular formula is C17H10F3NO3. The van der Waals surface area contributed by atoms with Gasteiger partial charge in [-0.25, -0.2) is 0 Å². The van der Waals surface area contributed by atoms with Crippen molar-refractivity contribution in [1.29, 1.82) is 0 Å². The van der Waals surface area contributed by atoms with E-state index >= 15 is 0 Å². The van der Waals surface area contributed by atoms with Crippen LogP contribution in [0.1, 0.15) is 44.3 Å². The van der Waals surface area contributed by atoms with E-state index in [2.05, 4.69) is 5.32 Å². The van der Waals surface area contributed by atoms with Crippen molar-refractivity contribution >= 4 is 23.2 Å². The summed E-state index contributed by atoms with van der Waals surface area (Å²) >= 11 is 0. The molecule has 0 saturated heterocycles. The number of carbonyl (C=O) groups is 3. The van der Waals surface area contributed by atoms with E-state index in [0.29, 0.717) is 6.07 Å². The summed E-state index contributed by atoms with van der Waals surface area (Å²) in [6, 6.07) is 7.47. The van der Waals surface area contributed by atoms with E-state index in [4.69, 9.17) is 0 Å². The number of halogens is 3. The fourth-order valence-corrected chi connectivity index (χ4v) is 2.67. The first-order valence-electron chi connectivity index (χ1n) is 6.91. The number of amides is 1. The molecule has 122 valence electrons. The molecule has 2 aromatic rings. The van der Waals surface area contributed by atoms with E-state index in [1.165, 1.54) is 18.2 Å². The van der Waals surface area contributed by atoms with Gasteiger partial charge in [-0.15, -0.1) is 0 Å². The average Bonchev–Trinajstić information content (AvgIpc) is 2.50. The quantitative estimate of drug-likeness (QED) is 0.742. The summed E-state index contributed by atoms with van der Waals surface area (Å²) in [5.41, 5.74) is -2.00. The third kappa shape index (κ3) is 2.47. The van der Waals surface area contributed by atoms with Crippen LogP contribution in [0.4, 0.5) is 18.9 Å². The van der Waals surface area contributed by atoms with Crippen LogP contribution in [-0.4, -0.2) is 17.5 Å². The molecule has 7 heteroatoms. The van der Waals surface area contributed by atoms with Crippen LogP contribution in [0.25, 0.3) is 0 Å². The maximum atomic E-state index is 13.2. The zero-order valence-electron chi connectivity index (χ0n) is 12.3. The zero-order chi connectivity index (χ0) is 17.6. The maximum absolute atomic E-state index is 13.2. The Morgan fingerprint density at radius 1 is 0.917 bits per heavy atom. The number of rotatable bonds is 1. The fraction of sp³-hybridized carbons (Fsp3) is 0.118. The number of anilines is 1. The number of fused-ring (bicyclic) bond motifs is 2. The fourth-order valence-electron chi connectivity index (χ4n) is 2.67. The number of ketones is 2. The van der Waals surface area contributed by atoms with Crippen LogP contribution in [-0.2, 0) is 11.0 Å². The summed E-state index contributed by atoms with van der Waals surface area (Å²) in [6.07, 6.45) is -4.78. The van der Waals surface area contributed by atoms with Crippen molar-refractivity contribution in [3.8, 4) is 0 Å². The van der Waals surface area contributed by atoms with Crippen LogP contribution in [0.15, 0.2) is 36.4 Å². The highest BCUT2D eigenvalue weighted by Gasteiger charge is 2.38. The number of hydrogen-bond acceptors (Lipinski definition) is 3. The molecule has 4 nitrogen and oxygen atoms in total. The van der Waals surface area contributed by atoms with Gasteiger partial charge in [0.15, 0.2) is 11.6 Å². The lowest BCUT2D eigenvalue weighted by Crippen LogP contribution is -2.23. The first kappa shape index (κ1) is 15.9. The molecule has 1 aliphatic rings. The highest BCUT2D eigenvalue weighted by atomic mass is 19.4. The Morgan fingerprint density at radius 3 is 1.88 bits per heavy atom. The van der Waals surface area contributed by atoms with Gasteiger partial charge in [-0.1, -0.05) is 24.3 Å². The third-order valence-corrected chi connectivity index (χ3v) is 3.68. The van der Waals surface area contributed by atoms with E-state index < -0.39 is 34.9 Å². The minimum atomic E-state index is -4.78. The van der Waals surface area contributed by atoms with Crippen molar-refractivity contribution < 1.29 is 27.6 Å². The van der Waals surface area contributed by atoms with Gasteiger partial charge in [0, 0.05) is 29.2 Å². The number of carbonyl (C=O) groups excluding carboxylic acids is 3. The van der Waals surface area contributed by atoms with Crippen LogP contribution in [0.2, 0.25) is 0 Å². The monoisotopic (exact) mass is 333 g/mol. The highest BCUT2D eigenvalue weighted by Crippen LogP contribution is 2.39. The van der Waals surface area contributed by atoms with Gasteiger partial charge in [-0.3, -0.25) is 14.4 Å². The summed E-state index contributed by atoms with van der Waals surface area (Å²) in [5.74, 6) is -1.92. The van der Waals surface area contributed by atoms with Crippen LogP contribution < -0.4 is 5.32 Å². The van der Waals surface area contributed by atoms with Crippen LogP contribution in [0.3, 0.4) is 0 Å². The first-order valence-corrected chi connectivity index (χ1v) is 6.91. The summed E-state index contributed by atoms with van der Waals surface area (Å²) in [7, 11) is 0. The summed E-state index contributed by atoms with van der Waals surface area (Å²) in [4.78, 5) is 36.1. The van der Waals surface area contributed by atoms with Crippen molar-refractivity contribution in [2.45, 2.75) is 13.1 Å². The van der Waals surface area contributed by atoms with Crippen molar-refractivity contribution in [2.24, 2.45) is 0 Å². The van der Waals surface area contributed by atoms with Crippen LogP contribution >= 0.6 is 0 Å². The third-order valence-electron chi connectivity index (χ3n) is 3.68. The number of nitrogens with one attached hydrogen (secondary N) is 1. The van der Waals surface area contributed by atoms with Gasteiger partial charge in [0.1, 0.15) is 0 Å². The van der Waals surface area contributed by atoms with E-state index in [1.54, 1.807) is 6.07 Å². The Kier molecular flexibility index (Phi) is 3.51. The molecule has 2 aromatic carbocycles. The van der Waals surface area contributed by atoms with E-state index in [-0.39, 0.29) is 22.3 Å². The van der Waals surface area contributed by atoms with Gasteiger partial charge in [-0.05, 0) is 12.1 Å². The van der Waals surface area contributed by atoms with Crippen molar-refractivity contribution in [1.82, 2.24) is 0 Å². The molecule has 0 radical (unpaired) electrons. The Hall–Kier alpha value is -2.96. The minimum Gasteiger partial charge on any atom is -0.326 e. The minimum absolute atomic E-state index is 0.0652. The summed E-state index contributed by atoms with van der Waals surface area (Å²) in [6.45, 7) is 1.06. The first-order chi connectivity index (χ1) is 11.2. The van der Waals surface area contributed by atoms with Gasteiger partial charge in [0.2, 0.25) is 5.91 Å². The van der Waals surface area contributed by atoms with E-state index in [9.17, 15) is 27.6 Å². The molecule has 0 fully saturated rings. The summed E-state index contributed by atoms with van der Waals surface area (Å²) in [5, 5.41) is 2.07. The molecule has 0 aromatic heterocycles. The molecule has 0 spiro atoms. The smallest absolute Gasteiger partial charge is 0.326 e. The molecule has 24 heavy (non-hydrogen) atoms. The number of alkyl halides is 3. The maximum Gasteiger partial charge on any atom is 0.418 e. The van der Waals surface area contributed by atoms with Crippen molar-refractivity contribution in [2.75, 3.05) is 5.32 Å². The molecule has 0 aliphatic heterocycles. The number of benzene rings is 2. The number of hydrogen-bond donors (Lipinski definition) is 1. The molecule has 0 saturated carbocycles. The second-order valence-corrected chi connectivity index (χ2v) is 5.33. The average molecular weight is 333 g/mol. The van der Waals surface area contributed by atoms with Crippen molar-refractivity contribution in [3.05, 3.63) is 64.2 Å². The van der Waals surface area contributed by atoms with Crippen LogP contribution in [0.5, 0.6) is 0 Å². The molecule has 1 aliphatic carbocycles. The topological polar surface area (TPSA) is 63.2 Å². The molecule has 0 atom stereocenters. The standard InChI is InChI=1S/C17H10F3NO3/c1-8(22)21-14-7-12-11(6-13(14)17(18,19)20)15(23)9-4-2-3-5-10(9)16(12)24/h2-7H,1H3,(H,21,22). The lowest BCUT2D eigenvalue weighted by atomic mass is 9.83. The van der Waals surface area contributed by atoms with Gasteiger partial charge < -0.3 is 5.32 Å². The molecule has 3 rings (SSSR count). The normalized spacial score (nSPS) is 13.3. The Morgan fingerprint density at radius 2 is 1.42 bits per heavy atom. The SMILES string of the molecule is CC(=O)Nc1cc2c(cc1C(F)(F)F)C(=O)c1ccccc1C2=O. The second kappa shape index (κ2) is 5.30. The zero-order valence-corrected chi connectivity index (χ0v) is 12.3.